The number of benzene rings is 1. The van der Waals surface area contributed by atoms with Gasteiger partial charge < -0.3 is 20.4 Å². The summed E-state index contributed by atoms with van der Waals surface area (Å²) in [7, 11) is 0. The summed E-state index contributed by atoms with van der Waals surface area (Å²) in [5, 5.41) is 25.1. The highest BCUT2D eigenvalue weighted by molar-refractivity contribution is 7.80. The molecule has 2 heterocycles. The molecule has 1 aromatic carbocycles. The number of carboxylic acid groups (broad SMARTS) is 1. The predicted molar refractivity (Wildman–Crippen MR) is 106 cm³/mol. The topological polar surface area (TPSA) is 115 Å². The van der Waals surface area contributed by atoms with E-state index in [-0.39, 0.29) is 30.7 Å². The number of carbonyl (C=O) groups excluding carboxylic acids is 1. The van der Waals surface area contributed by atoms with Crippen molar-refractivity contribution in [1.29, 1.82) is 0 Å². The van der Waals surface area contributed by atoms with Crippen molar-refractivity contribution in [3.05, 3.63) is 66.0 Å². The number of carbonyl (C=O) groups is 2. The molecule has 0 bridgehead atoms. The number of hydrogen-bond acceptors (Lipinski definition) is 5. The molecule has 4 N–H and O–H groups in total. The number of rotatable bonds is 4. The van der Waals surface area contributed by atoms with Crippen molar-refractivity contribution in [2.24, 2.45) is 5.92 Å². The summed E-state index contributed by atoms with van der Waals surface area (Å²) >= 11 is 5.33. The molecule has 28 heavy (non-hydrogen) atoms. The van der Waals surface area contributed by atoms with Gasteiger partial charge in [-0.2, -0.15) is 0 Å². The second-order valence-electron chi connectivity index (χ2n) is 6.53. The Kier molecular flexibility index (Phi) is 5.86. The van der Waals surface area contributed by atoms with Crippen LogP contribution in [0.5, 0.6) is 0 Å². The number of amides is 2. The maximum Gasteiger partial charge on any atom is 0.407 e. The van der Waals surface area contributed by atoms with Gasteiger partial charge >= 0.3 is 6.09 Å². The van der Waals surface area contributed by atoms with Crippen LogP contribution in [0.15, 0.2) is 54.9 Å². The van der Waals surface area contributed by atoms with Crippen molar-refractivity contribution in [2.75, 3.05) is 19.7 Å². The molecular formula is C19H20N4O4S. The first-order valence-electron chi connectivity index (χ1n) is 8.64. The van der Waals surface area contributed by atoms with Crippen LogP contribution < -0.4 is 10.6 Å². The van der Waals surface area contributed by atoms with Crippen LogP contribution in [0.1, 0.15) is 15.9 Å². The van der Waals surface area contributed by atoms with E-state index in [9.17, 15) is 19.8 Å². The molecule has 1 fully saturated rings. The van der Waals surface area contributed by atoms with Crippen LogP contribution in [0.4, 0.5) is 4.79 Å². The fourth-order valence-corrected chi connectivity index (χ4v) is 3.72. The summed E-state index contributed by atoms with van der Waals surface area (Å²) in [6.07, 6.45) is 2.11. The predicted octanol–water partition coefficient (Wildman–Crippen LogP) is 1.18. The van der Waals surface area contributed by atoms with Crippen molar-refractivity contribution < 1.29 is 19.8 Å². The minimum Gasteiger partial charge on any atom is -0.465 e. The number of likely N-dealkylation sites (tertiary alicyclic amines) is 1. The molecule has 8 nitrogen and oxygen atoms in total. The van der Waals surface area contributed by atoms with Gasteiger partial charge in [-0.15, -0.1) is 0 Å². The van der Waals surface area contributed by atoms with Crippen LogP contribution in [0.2, 0.25) is 0 Å². The molecule has 0 radical (unpaired) electrons. The first kappa shape index (κ1) is 19.7. The van der Waals surface area contributed by atoms with E-state index in [2.05, 4.69) is 15.6 Å². The molecule has 3 rings (SSSR count). The van der Waals surface area contributed by atoms with Gasteiger partial charge in [-0.1, -0.05) is 24.3 Å². The van der Waals surface area contributed by atoms with Crippen LogP contribution in [0.25, 0.3) is 0 Å². The fraction of sp³-hybridized carbons (Fsp3) is 0.263. The number of aromatic nitrogens is 1. The van der Waals surface area contributed by atoms with Gasteiger partial charge in [0.15, 0.2) is 5.11 Å². The maximum absolute atomic E-state index is 12.4. The van der Waals surface area contributed by atoms with Gasteiger partial charge in [0.05, 0.1) is 18.7 Å². The van der Waals surface area contributed by atoms with E-state index < -0.39 is 17.6 Å². The Bertz CT molecular complexity index is 865. The van der Waals surface area contributed by atoms with E-state index in [1.807, 2.05) is 0 Å². The van der Waals surface area contributed by atoms with E-state index in [1.54, 1.807) is 54.9 Å². The van der Waals surface area contributed by atoms with Crippen LogP contribution in [0.3, 0.4) is 0 Å². The third-order valence-corrected chi connectivity index (χ3v) is 5.05. The minimum atomic E-state index is -1.09. The average molecular weight is 400 g/mol. The molecule has 1 saturated heterocycles. The van der Waals surface area contributed by atoms with Gasteiger partial charge in [0, 0.05) is 30.4 Å². The minimum absolute atomic E-state index is 0.0448. The Balaban J connectivity index is 1.87. The van der Waals surface area contributed by atoms with E-state index in [0.29, 0.717) is 11.1 Å². The maximum atomic E-state index is 12.4. The van der Waals surface area contributed by atoms with E-state index in [0.717, 1.165) is 0 Å². The lowest BCUT2D eigenvalue weighted by molar-refractivity contribution is 0.0974. The Labute approximate surface area is 167 Å². The third kappa shape index (κ3) is 3.95. The van der Waals surface area contributed by atoms with Crippen molar-refractivity contribution in [3.63, 3.8) is 0 Å². The first-order valence-corrected chi connectivity index (χ1v) is 9.05. The lowest BCUT2D eigenvalue weighted by Gasteiger charge is -2.36. The highest BCUT2D eigenvalue weighted by atomic mass is 32.1. The van der Waals surface area contributed by atoms with Crippen molar-refractivity contribution in [1.82, 2.24) is 20.5 Å². The number of aliphatic hydroxyl groups is 1. The summed E-state index contributed by atoms with van der Waals surface area (Å²) in [6, 6.07) is 12.1. The van der Waals surface area contributed by atoms with Gasteiger partial charge in [0.1, 0.15) is 0 Å². The van der Waals surface area contributed by atoms with Crippen LogP contribution in [-0.4, -0.2) is 56.9 Å². The molecule has 146 valence electrons. The first-order chi connectivity index (χ1) is 13.5. The van der Waals surface area contributed by atoms with Crippen LogP contribution in [0, 0.1) is 5.92 Å². The number of nitrogens with zero attached hydrogens (tertiary/aromatic N) is 2. The van der Waals surface area contributed by atoms with Crippen molar-refractivity contribution >= 4 is 29.3 Å². The van der Waals surface area contributed by atoms with Crippen molar-refractivity contribution in [3.8, 4) is 0 Å². The Hall–Kier alpha value is -3.04. The number of nitrogens with one attached hydrogen (secondary N) is 2. The highest BCUT2D eigenvalue weighted by Crippen LogP contribution is 2.36. The summed E-state index contributed by atoms with van der Waals surface area (Å²) in [5.74, 6) is -0.854. The van der Waals surface area contributed by atoms with Gasteiger partial charge in [-0.3, -0.25) is 15.1 Å². The van der Waals surface area contributed by atoms with Crippen LogP contribution >= 0.6 is 12.2 Å². The normalized spacial score (nSPS) is 21.2. The molecule has 1 aromatic heterocycles. The van der Waals surface area contributed by atoms with E-state index >= 15 is 0 Å². The molecule has 0 saturated carbocycles. The fourth-order valence-electron chi connectivity index (χ4n) is 3.44. The van der Waals surface area contributed by atoms with Crippen molar-refractivity contribution in [2.45, 2.75) is 5.54 Å². The Morgan fingerprint density at radius 3 is 2.61 bits per heavy atom. The number of hydrogen-bond donors (Lipinski definition) is 4. The molecule has 2 unspecified atom stereocenters. The van der Waals surface area contributed by atoms with E-state index in [1.165, 1.54) is 4.90 Å². The summed E-state index contributed by atoms with van der Waals surface area (Å²) in [5.41, 5.74) is 0.108. The molecule has 1 aliphatic heterocycles. The third-order valence-electron chi connectivity index (χ3n) is 4.85. The zero-order chi connectivity index (χ0) is 20.1. The highest BCUT2D eigenvalue weighted by Gasteiger charge is 2.50. The second-order valence-corrected chi connectivity index (χ2v) is 6.94. The monoisotopic (exact) mass is 400 g/mol. The molecule has 2 aromatic rings. The smallest absolute Gasteiger partial charge is 0.407 e. The largest absolute Gasteiger partial charge is 0.465 e. The Morgan fingerprint density at radius 2 is 2.00 bits per heavy atom. The molecule has 9 heteroatoms. The van der Waals surface area contributed by atoms with Gasteiger partial charge in [0.25, 0.3) is 5.91 Å². The number of aliphatic hydroxyl groups excluding tert-OH is 1. The quantitative estimate of drug-likeness (QED) is 0.570. The molecule has 2 atom stereocenters. The number of thiocarbonyl (C=S) groups is 1. The molecular weight excluding hydrogens is 380 g/mol. The number of pyridine rings is 1. The van der Waals surface area contributed by atoms with E-state index in [4.69, 9.17) is 12.2 Å². The SMILES string of the molecule is O=C(NC(=S)NC1(c2cccnc2)CN(C(=O)O)CC1CO)c1ccccc1. The van der Waals surface area contributed by atoms with Gasteiger partial charge in [-0.05, 0) is 36.0 Å². The zero-order valence-electron chi connectivity index (χ0n) is 14.9. The lowest BCUT2D eigenvalue weighted by atomic mass is 9.81. The second kappa shape index (κ2) is 8.32. The standard InChI is InChI=1S/C19H20N4O4S/c24-11-15-10-23(18(26)27)12-19(15,14-7-4-8-20-9-14)22-17(28)21-16(25)13-5-2-1-3-6-13/h1-9,15,24H,10-12H2,(H,26,27)(H2,21,22,25,28). The summed E-state index contributed by atoms with van der Waals surface area (Å²) in [6.45, 7) is -0.0789. The molecule has 1 aliphatic rings. The Morgan fingerprint density at radius 1 is 1.25 bits per heavy atom. The average Bonchev–Trinajstić information content (AvgIpc) is 3.09. The van der Waals surface area contributed by atoms with Crippen LogP contribution in [-0.2, 0) is 5.54 Å². The summed E-state index contributed by atoms with van der Waals surface area (Å²) in [4.78, 5) is 29.2. The van der Waals surface area contributed by atoms with Gasteiger partial charge in [-0.25, -0.2) is 4.79 Å². The van der Waals surface area contributed by atoms with Gasteiger partial charge in [0.2, 0.25) is 0 Å². The molecule has 0 aliphatic carbocycles. The zero-order valence-corrected chi connectivity index (χ0v) is 15.7. The molecule has 2 amide bonds. The molecule has 0 spiro atoms. The lowest BCUT2D eigenvalue weighted by Crippen LogP contribution is -2.56. The summed E-state index contributed by atoms with van der Waals surface area (Å²) < 4.78 is 0.